The first-order valence-electron chi connectivity index (χ1n) is 8.81. The minimum atomic E-state index is 0.901. The maximum Gasteiger partial charge on any atom is 0.0980 e. The van der Waals surface area contributed by atoms with Gasteiger partial charge in [0.2, 0.25) is 0 Å². The van der Waals surface area contributed by atoms with E-state index in [0.29, 0.717) is 0 Å². The third kappa shape index (κ3) is 3.68. The molecule has 2 heterocycles. The van der Waals surface area contributed by atoms with Crippen LogP contribution in [0.5, 0.6) is 0 Å². The van der Waals surface area contributed by atoms with Gasteiger partial charge in [0.25, 0.3) is 0 Å². The van der Waals surface area contributed by atoms with Gasteiger partial charge in [-0.25, -0.2) is 0 Å². The molecule has 0 saturated carbocycles. The van der Waals surface area contributed by atoms with E-state index in [1.165, 1.54) is 16.7 Å². The molecule has 25 heavy (non-hydrogen) atoms. The van der Waals surface area contributed by atoms with E-state index in [4.69, 9.17) is 4.42 Å². The minimum absolute atomic E-state index is 0.901. The van der Waals surface area contributed by atoms with Gasteiger partial charge in [-0.05, 0) is 35.8 Å². The highest BCUT2D eigenvalue weighted by atomic mass is 16.3. The van der Waals surface area contributed by atoms with E-state index in [-0.39, 0.29) is 0 Å². The van der Waals surface area contributed by atoms with Crippen molar-refractivity contribution in [3.05, 3.63) is 78.3 Å². The van der Waals surface area contributed by atoms with E-state index in [9.17, 15) is 0 Å². The highest BCUT2D eigenvalue weighted by Gasteiger charge is 2.12. The molecule has 4 rings (SSSR count). The molecule has 0 unspecified atom stereocenters. The molecule has 0 N–H and O–H groups in total. The lowest BCUT2D eigenvalue weighted by Gasteiger charge is -2.25. The van der Waals surface area contributed by atoms with Crippen molar-refractivity contribution in [2.24, 2.45) is 0 Å². The largest absolute Gasteiger partial charge is 0.472 e. The fourth-order valence-electron chi connectivity index (χ4n) is 3.33. The van der Waals surface area contributed by atoms with Gasteiger partial charge in [-0.3, -0.25) is 4.90 Å². The van der Waals surface area contributed by atoms with Gasteiger partial charge < -0.3 is 4.42 Å². The van der Waals surface area contributed by atoms with E-state index in [1.54, 1.807) is 12.5 Å². The highest BCUT2D eigenvalue weighted by molar-refractivity contribution is 5.73. The molecule has 0 saturated heterocycles. The third-order valence-corrected chi connectivity index (χ3v) is 4.75. The molecule has 2 nitrogen and oxygen atoms in total. The second-order valence-electron chi connectivity index (χ2n) is 6.37. The van der Waals surface area contributed by atoms with Crippen LogP contribution < -0.4 is 0 Å². The summed E-state index contributed by atoms with van der Waals surface area (Å²) >= 11 is 0. The Balaban J connectivity index is 1.31. The van der Waals surface area contributed by atoms with Crippen molar-refractivity contribution >= 4 is 5.57 Å². The Bertz CT molecular complexity index is 894. The predicted octanol–water partition coefficient (Wildman–Crippen LogP) is 4.92. The maximum absolute atomic E-state index is 5.19. The van der Waals surface area contributed by atoms with E-state index in [2.05, 4.69) is 65.3 Å². The summed E-state index contributed by atoms with van der Waals surface area (Å²) in [6, 6.07) is 16.8. The van der Waals surface area contributed by atoms with Crippen molar-refractivity contribution in [1.82, 2.24) is 4.90 Å². The molecule has 0 aromatic heterocycles. The number of fused-ring (bicyclic) bond motifs is 1. The van der Waals surface area contributed by atoms with E-state index in [1.807, 2.05) is 6.07 Å². The second-order valence-corrected chi connectivity index (χ2v) is 6.37. The SMILES string of the molecule is C(#Cc1ccc2coccc1-2)CCN1CC=C(c2ccccc2)CC1. The maximum atomic E-state index is 5.19. The van der Waals surface area contributed by atoms with E-state index >= 15 is 0 Å². The van der Waals surface area contributed by atoms with Gasteiger partial charge in [-0.15, -0.1) is 0 Å². The minimum Gasteiger partial charge on any atom is -0.472 e. The Hall–Kier alpha value is -2.76. The average Bonchev–Trinajstić information content (AvgIpc) is 3.10. The summed E-state index contributed by atoms with van der Waals surface area (Å²) in [5.74, 6) is 6.64. The molecule has 0 amide bonds. The van der Waals surface area contributed by atoms with Crippen molar-refractivity contribution in [1.29, 1.82) is 0 Å². The van der Waals surface area contributed by atoms with Crippen molar-refractivity contribution in [2.75, 3.05) is 19.6 Å². The zero-order valence-electron chi connectivity index (χ0n) is 14.2. The standard InChI is InChI=1S/C23H21NO/c1-2-6-19(7-3-1)20-11-15-24(16-12-20)14-5-4-8-21-9-10-22-18-25-17-13-23(21)22/h1-3,6-7,9-11,13,17-18H,5,12,14-16H2. The molecule has 0 fully saturated rings. The summed E-state index contributed by atoms with van der Waals surface area (Å²) in [5.41, 5.74) is 6.21. The molecule has 124 valence electrons. The van der Waals surface area contributed by atoms with E-state index in [0.717, 1.165) is 43.6 Å². The van der Waals surface area contributed by atoms with E-state index < -0.39 is 0 Å². The molecule has 0 radical (unpaired) electrons. The molecule has 1 aliphatic carbocycles. The molecule has 0 bridgehead atoms. The van der Waals surface area contributed by atoms with Gasteiger partial charge in [0.1, 0.15) is 0 Å². The van der Waals surface area contributed by atoms with Gasteiger partial charge >= 0.3 is 0 Å². The molecule has 3 aliphatic rings. The monoisotopic (exact) mass is 327 g/mol. The molecule has 1 aromatic rings. The summed E-state index contributed by atoms with van der Waals surface area (Å²) in [6.45, 7) is 3.16. The topological polar surface area (TPSA) is 16.4 Å². The second kappa shape index (κ2) is 7.42. The Morgan fingerprint density at radius 3 is 2.76 bits per heavy atom. The lowest BCUT2D eigenvalue weighted by atomic mass is 9.99. The number of benzene rings is 1. The Labute approximate surface area is 149 Å². The number of hydrogen-bond acceptors (Lipinski definition) is 2. The Kier molecular flexibility index (Phi) is 4.68. The van der Waals surface area contributed by atoms with Crippen LogP contribution in [0, 0.1) is 11.8 Å². The van der Waals surface area contributed by atoms with Gasteiger partial charge in [0.15, 0.2) is 0 Å². The van der Waals surface area contributed by atoms with Crippen LogP contribution in [-0.4, -0.2) is 24.5 Å². The third-order valence-electron chi connectivity index (χ3n) is 4.75. The summed E-state index contributed by atoms with van der Waals surface area (Å²) in [7, 11) is 0. The van der Waals surface area contributed by atoms with Crippen molar-refractivity contribution < 1.29 is 4.42 Å². The van der Waals surface area contributed by atoms with Crippen molar-refractivity contribution in [3.8, 4) is 23.0 Å². The molecular weight excluding hydrogens is 306 g/mol. The Morgan fingerprint density at radius 1 is 1.00 bits per heavy atom. The van der Waals surface area contributed by atoms with Crippen LogP contribution in [-0.2, 0) is 0 Å². The average molecular weight is 327 g/mol. The smallest absolute Gasteiger partial charge is 0.0980 e. The molecule has 0 spiro atoms. The van der Waals surface area contributed by atoms with Crippen LogP contribution in [0.25, 0.3) is 16.7 Å². The fraction of sp³-hybridized carbons (Fsp3) is 0.217. The summed E-state index contributed by atoms with van der Waals surface area (Å²) in [5, 5.41) is 0. The summed E-state index contributed by atoms with van der Waals surface area (Å²) < 4.78 is 5.19. The summed E-state index contributed by atoms with van der Waals surface area (Å²) in [4.78, 5) is 2.48. The Morgan fingerprint density at radius 2 is 1.92 bits per heavy atom. The number of nitrogens with zero attached hydrogens (tertiary/aromatic N) is 1. The molecule has 0 atom stereocenters. The lowest BCUT2D eigenvalue weighted by Crippen LogP contribution is -2.29. The first kappa shape index (κ1) is 15.7. The van der Waals surface area contributed by atoms with Crippen LogP contribution in [0.4, 0.5) is 0 Å². The van der Waals surface area contributed by atoms with Crippen LogP contribution in [0.1, 0.15) is 24.0 Å². The quantitative estimate of drug-likeness (QED) is 0.635. The number of rotatable bonds is 3. The summed E-state index contributed by atoms with van der Waals surface area (Å²) in [6.07, 6.45) is 7.86. The van der Waals surface area contributed by atoms with Gasteiger partial charge in [0, 0.05) is 42.7 Å². The predicted molar refractivity (Wildman–Crippen MR) is 102 cm³/mol. The van der Waals surface area contributed by atoms with Crippen LogP contribution in [0.3, 0.4) is 0 Å². The van der Waals surface area contributed by atoms with Crippen molar-refractivity contribution in [2.45, 2.75) is 12.8 Å². The molecular formula is C23H21NO. The van der Waals surface area contributed by atoms with Gasteiger partial charge in [-0.2, -0.15) is 0 Å². The van der Waals surface area contributed by atoms with Crippen molar-refractivity contribution in [3.63, 3.8) is 0 Å². The zero-order chi connectivity index (χ0) is 16.9. The highest BCUT2D eigenvalue weighted by Crippen LogP contribution is 2.26. The van der Waals surface area contributed by atoms with Crippen LogP contribution >= 0.6 is 0 Å². The molecule has 2 heteroatoms. The molecule has 2 aliphatic heterocycles. The first-order valence-corrected chi connectivity index (χ1v) is 8.81. The fourth-order valence-corrected chi connectivity index (χ4v) is 3.33. The van der Waals surface area contributed by atoms with Crippen LogP contribution in [0.2, 0.25) is 0 Å². The number of hydrogen-bond donors (Lipinski definition) is 0. The zero-order valence-corrected chi connectivity index (χ0v) is 14.2. The van der Waals surface area contributed by atoms with Gasteiger partial charge in [0.05, 0.1) is 12.5 Å². The first-order chi connectivity index (χ1) is 12.4. The lowest BCUT2D eigenvalue weighted by molar-refractivity contribution is 0.309. The van der Waals surface area contributed by atoms with Gasteiger partial charge in [-0.1, -0.05) is 48.2 Å². The molecule has 1 aromatic carbocycles. The normalized spacial score (nSPS) is 14.8. The van der Waals surface area contributed by atoms with Crippen LogP contribution in [0.15, 0.2) is 71.6 Å².